The van der Waals surface area contributed by atoms with Gasteiger partial charge in [-0.25, -0.2) is 4.79 Å². The van der Waals surface area contributed by atoms with Gasteiger partial charge >= 0.3 is 12.3 Å². The van der Waals surface area contributed by atoms with Gasteiger partial charge in [0.05, 0.1) is 25.1 Å². The van der Waals surface area contributed by atoms with E-state index in [9.17, 15) is 18.0 Å². The van der Waals surface area contributed by atoms with Gasteiger partial charge in [-0.2, -0.15) is 13.2 Å². The Balaban J connectivity index is 1.67. The molecular weight excluding hydrogens is 356 g/mol. The summed E-state index contributed by atoms with van der Waals surface area (Å²) in [6.07, 6.45) is -6.17. The Morgan fingerprint density at radius 3 is 2.92 bits per heavy atom. The second-order valence-electron chi connectivity index (χ2n) is 5.80. The molecule has 1 amide bonds. The van der Waals surface area contributed by atoms with Crippen molar-refractivity contribution in [3.8, 4) is 5.75 Å². The lowest BCUT2D eigenvalue weighted by molar-refractivity contribution is -0.136. The van der Waals surface area contributed by atoms with E-state index in [2.05, 4.69) is 5.16 Å². The van der Waals surface area contributed by atoms with Crippen molar-refractivity contribution in [1.29, 1.82) is 0 Å². The number of alkyl halides is 3. The molecule has 0 N–H and O–H groups in total. The van der Waals surface area contributed by atoms with Gasteiger partial charge in [-0.15, -0.1) is 0 Å². The first kappa shape index (κ1) is 18.3. The summed E-state index contributed by atoms with van der Waals surface area (Å²) in [5, 5.41) is 4.47. The zero-order chi connectivity index (χ0) is 18.7. The van der Waals surface area contributed by atoms with Crippen LogP contribution < -0.4 is 9.64 Å². The third-order valence-electron chi connectivity index (χ3n) is 3.78. The van der Waals surface area contributed by atoms with Crippen LogP contribution in [-0.2, 0) is 9.47 Å². The second kappa shape index (κ2) is 7.40. The van der Waals surface area contributed by atoms with Gasteiger partial charge in [0.15, 0.2) is 11.4 Å². The summed E-state index contributed by atoms with van der Waals surface area (Å²) in [6.45, 7) is 0.487. The molecule has 1 aromatic heterocycles. The van der Waals surface area contributed by atoms with Gasteiger partial charge in [0.2, 0.25) is 0 Å². The van der Waals surface area contributed by atoms with Crippen LogP contribution in [0.25, 0.3) is 11.0 Å². The van der Waals surface area contributed by atoms with Gasteiger partial charge in [-0.1, -0.05) is 5.16 Å². The molecule has 26 heavy (non-hydrogen) atoms. The van der Waals surface area contributed by atoms with Crippen LogP contribution in [0, 0.1) is 0 Å². The van der Waals surface area contributed by atoms with Crippen LogP contribution in [-0.4, -0.2) is 50.4 Å². The number of carbonyl (C=O) groups excluding carboxylic acids is 1. The minimum atomic E-state index is -4.20. The first-order valence-corrected chi connectivity index (χ1v) is 7.93. The van der Waals surface area contributed by atoms with E-state index in [1.807, 2.05) is 0 Å². The molecule has 0 bridgehead atoms. The van der Waals surface area contributed by atoms with Crippen molar-refractivity contribution in [1.82, 2.24) is 5.16 Å². The number of aromatic nitrogens is 1. The molecule has 2 aromatic rings. The monoisotopic (exact) mass is 373 g/mol. The molecule has 0 radical (unpaired) electrons. The van der Waals surface area contributed by atoms with E-state index < -0.39 is 24.8 Å². The maximum absolute atomic E-state index is 12.1. The molecule has 1 fully saturated rings. The number of fused-ring (bicyclic) bond motifs is 1. The number of methoxy groups -OCH3 is 1. The number of anilines is 1. The molecule has 0 spiro atoms. The highest BCUT2D eigenvalue weighted by molar-refractivity contribution is 5.99. The number of halogens is 3. The molecule has 1 saturated heterocycles. The largest absolute Gasteiger partial charge is 0.493 e. The van der Waals surface area contributed by atoms with E-state index in [1.54, 1.807) is 12.1 Å². The third-order valence-corrected chi connectivity index (χ3v) is 3.78. The van der Waals surface area contributed by atoms with Gasteiger partial charge in [0.1, 0.15) is 11.9 Å². The van der Waals surface area contributed by atoms with E-state index in [1.165, 1.54) is 18.1 Å². The van der Waals surface area contributed by atoms with Crippen molar-refractivity contribution in [2.45, 2.75) is 25.1 Å². The molecule has 1 aromatic carbocycles. The summed E-state index contributed by atoms with van der Waals surface area (Å²) in [5.41, 5.74) is 0.358. The molecule has 10 heteroatoms. The van der Waals surface area contributed by atoms with E-state index in [-0.39, 0.29) is 26.2 Å². The Labute approximate surface area is 146 Å². The summed E-state index contributed by atoms with van der Waals surface area (Å²) in [6, 6.07) is 4.75. The Morgan fingerprint density at radius 1 is 1.38 bits per heavy atom. The number of hydrogen-bond acceptors (Lipinski definition) is 6. The summed E-state index contributed by atoms with van der Waals surface area (Å²) in [7, 11) is 1.51. The molecule has 3 rings (SSSR count). The van der Waals surface area contributed by atoms with Crippen molar-refractivity contribution in [2.24, 2.45) is 0 Å². The van der Waals surface area contributed by atoms with Crippen LogP contribution in [0.15, 0.2) is 22.7 Å². The number of amides is 1. The Kier molecular flexibility index (Phi) is 5.21. The number of hydrogen-bond donors (Lipinski definition) is 0. The van der Waals surface area contributed by atoms with Crippen molar-refractivity contribution in [2.75, 3.05) is 31.8 Å². The van der Waals surface area contributed by atoms with Crippen LogP contribution in [0.4, 0.5) is 23.8 Å². The number of benzene rings is 1. The first-order chi connectivity index (χ1) is 12.4. The average molecular weight is 373 g/mol. The lowest BCUT2D eigenvalue weighted by atomic mass is 10.2. The highest BCUT2D eigenvalue weighted by atomic mass is 19.4. The second-order valence-corrected chi connectivity index (χ2v) is 5.80. The maximum atomic E-state index is 12.1. The molecule has 1 unspecified atom stereocenters. The van der Waals surface area contributed by atoms with Gasteiger partial charge in [0.25, 0.3) is 0 Å². The standard InChI is InChI=1S/C16H17F3N2O5/c1-23-9-11-8-21(15(22)25-11)14-12-4-3-10(7-13(12)26-20-14)24-6-2-5-16(17,18)19/h3-4,7,11H,2,5-6,8-9H2,1H3/i15-1. The lowest BCUT2D eigenvalue weighted by Crippen LogP contribution is -2.26. The smallest absolute Gasteiger partial charge is 0.416 e. The molecule has 0 saturated carbocycles. The molecule has 1 aliphatic heterocycles. The quantitative estimate of drug-likeness (QED) is 0.692. The van der Waals surface area contributed by atoms with Gasteiger partial charge in [0, 0.05) is 19.6 Å². The van der Waals surface area contributed by atoms with Crippen LogP contribution >= 0.6 is 0 Å². The normalized spacial score (nSPS) is 17.8. The molecule has 2 heterocycles. The summed E-state index contributed by atoms with van der Waals surface area (Å²) in [5.74, 6) is 0.677. The Bertz CT molecular complexity index is 777. The van der Waals surface area contributed by atoms with E-state index in [0.717, 1.165) is 0 Å². The van der Waals surface area contributed by atoms with Gasteiger partial charge < -0.3 is 18.7 Å². The maximum Gasteiger partial charge on any atom is 0.416 e. The number of cyclic esters (lactones) is 1. The molecule has 7 nitrogen and oxygen atoms in total. The van der Waals surface area contributed by atoms with Crippen LogP contribution in [0.5, 0.6) is 5.75 Å². The number of rotatable bonds is 7. The van der Waals surface area contributed by atoms with Gasteiger partial charge in [-0.3, -0.25) is 4.90 Å². The molecular formula is C16H17F3N2O5. The summed E-state index contributed by atoms with van der Waals surface area (Å²) in [4.78, 5) is 13.3. The Morgan fingerprint density at radius 2 is 2.19 bits per heavy atom. The van der Waals surface area contributed by atoms with E-state index >= 15 is 0 Å². The topological polar surface area (TPSA) is 74.0 Å². The fraction of sp³-hybridized carbons (Fsp3) is 0.500. The van der Waals surface area contributed by atoms with Crippen LogP contribution in [0.2, 0.25) is 0 Å². The summed E-state index contributed by atoms with van der Waals surface area (Å²) < 4.78 is 57.0. The summed E-state index contributed by atoms with van der Waals surface area (Å²) >= 11 is 0. The molecule has 1 aliphatic rings. The fourth-order valence-electron chi connectivity index (χ4n) is 2.62. The van der Waals surface area contributed by atoms with Crippen molar-refractivity contribution in [3.05, 3.63) is 18.2 Å². The number of nitrogens with zero attached hydrogens (tertiary/aromatic N) is 2. The first-order valence-electron chi connectivity index (χ1n) is 7.93. The fourth-order valence-corrected chi connectivity index (χ4v) is 2.62. The number of carbonyl (C=O) groups is 1. The van der Waals surface area contributed by atoms with Crippen molar-refractivity contribution >= 4 is 22.9 Å². The molecule has 1 atom stereocenters. The molecule has 0 aliphatic carbocycles. The lowest BCUT2D eigenvalue weighted by Gasteiger charge is -2.09. The van der Waals surface area contributed by atoms with E-state index in [0.29, 0.717) is 22.5 Å². The zero-order valence-corrected chi connectivity index (χ0v) is 13.9. The highest BCUT2D eigenvalue weighted by Crippen LogP contribution is 2.32. The predicted molar refractivity (Wildman–Crippen MR) is 84.3 cm³/mol. The average Bonchev–Trinajstić information content (AvgIpc) is 3.14. The van der Waals surface area contributed by atoms with Crippen LogP contribution in [0.3, 0.4) is 0 Å². The van der Waals surface area contributed by atoms with Gasteiger partial charge in [-0.05, 0) is 18.6 Å². The SMILES string of the molecule is COCC1CN(c2noc3cc(OCCCC(F)(F)F)ccc23)[11C](=O)O1. The van der Waals surface area contributed by atoms with E-state index in [4.69, 9.17) is 18.7 Å². The van der Waals surface area contributed by atoms with Crippen molar-refractivity contribution in [3.63, 3.8) is 0 Å². The van der Waals surface area contributed by atoms with Crippen LogP contribution in [0.1, 0.15) is 12.8 Å². The predicted octanol–water partition coefficient (Wildman–Crippen LogP) is 3.52. The van der Waals surface area contributed by atoms with Crippen molar-refractivity contribution < 1.29 is 36.7 Å². The Hall–Kier alpha value is -2.49. The minimum Gasteiger partial charge on any atom is -0.493 e. The third kappa shape index (κ3) is 4.18. The highest BCUT2D eigenvalue weighted by Gasteiger charge is 2.35. The molecule has 142 valence electrons. The minimum absolute atomic E-state index is 0.0663. The zero-order valence-electron chi connectivity index (χ0n) is 13.9. The number of ether oxygens (including phenoxy) is 3.